The lowest BCUT2D eigenvalue weighted by molar-refractivity contribution is -0.118. The molecular weight excluding hydrogens is 422 g/mol. The molecule has 4 rings (SSSR count). The van der Waals surface area contributed by atoms with E-state index in [-0.39, 0.29) is 17.2 Å². The average Bonchev–Trinajstić information content (AvgIpc) is 3.19. The van der Waals surface area contributed by atoms with E-state index >= 15 is 0 Å². The van der Waals surface area contributed by atoms with Gasteiger partial charge in [-0.25, -0.2) is 0 Å². The van der Waals surface area contributed by atoms with Crippen LogP contribution < -0.4 is 10.9 Å². The molecule has 2 aromatic carbocycles. The van der Waals surface area contributed by atoms with Crippen molar-refractivity contribution in [3.05, 3.63) is 69.5 Å². The van der Waals surface area contributed by atoms with E-state index in [2.05, 4.69) is 15.5 Å². The Morgan fingerprint density at radius 3 is 2.67 bits per heavy atom. The molecule has 2 heterocycles. The van der Waals surface area contributed by atoms with E-state index in [0.29, 0.717) is 34.4 Å². The monoisotopic (exact) mass is 441 g/mol. The summed E-state index contributed by atoms with van der Waals surface area (Å²) in [6.45, 7) is 2.99. The topological polar surface area (TPSA) is 81.3 Å². The fraction of sp³-hybridized carbons (Fsp3) is 0.238. The maximum atomic E-state index is 12.9. The number of carbonyl (C=O) groups is 1. The van der Waals surface area contributed by atoms with Crippen molar-refractivity contribution in [2.75, 3.05) is 5.75 Å². The maximum Gasteiger partial charge on any atom is 0.262 e. The number of nitrogens with zero attached hydrogens (tertiary/aromatic N) is 4. The van der Waals surface area contributed by atoms with Crippen molar-refractivity contribution in [1.29, 1.82) is 0 Å². The number of carbonyl (C=O) groups excluding carboxylic acids is 1. The zero-order valence-electron chi connectivity index (χ0n) is 16.3. The van der Waals surface area contributed by atoms with Crippen LogP contribution in [0, 0.1) is 0 Å². The van der Waals surface area contributed by atoms with Crippen molar-refractivity contribution in [3.8, 4) is 0 Å². The lowest BCUT2D eigenvalue weighted by Crippen LogP contribution is -2.25. The van der Waals surface area contributed by atoms with E-state index in [1.165, 1.54) is 11.8 Å². The molecule has 9 heteroatoms. The van der Waals surface area contributed by atoms with Crippen LogP contribution in [0.1, 0.15) is 18.9 Å². The van der Waals surface area contributed by atoms with Crippen LogP contribution in [0.15, 0.2) is 58.5 Å². The number of halogens is 1. The van der Waals surface area contributed by atoms with E-state index in [1.807, 2.05) is 41.7 Å². The fourth-order valence-corrected chi connectivity index (χ4v) is 4.13. The molecule has 0 unspecified atom stereocenters. The summed E-state index contributed by atoms with van der Waals surface area (Å²) < 4.78 is 3.49. The molecule has 0 aliphatic rings. The molecule has 0 aliphatic heterocycles. The number of amides is 1. The first-order valence-electron chi connectivity index (χ1n) is 9.59. The van der Waals surface area contributed by atoms with E-state index in [1.54, 1.807) is 22.8 Å². The number of para-hydroxylation sites is 1. The quantitative estimate of drug-likeness (QED) is 0.444. The van der Waals surface area contributed by atoms with Crippen LogP contribution >= 0.6 is 23.4 Å². The predicted molar refractivity (Wildman–Crippen MR) is 119 cm³/mol. The highest BCUT2D eigenvalue weighted by atomic mass is 35.5. The standard InChI is InChI=1S/C21H20ClN5O2S/c1-2-11-26-19(29)16-5-3-4-6-17(16)27-20(26)24-25-21(27)30-13-18(28)23-12-14-7-9-15(22)10-8-14/h3-10H,2,11-13H2,1H3,(H,23,28). The van der Waals surface area contributed by atoms with Gasteiger partial charge in [-0.2, -0.15) is 0 Å². The van der Waals surface area contributed by atoms with Crippen molar-refractivity contribution in [3.63, 3.8) is 0 Å². The van der Waals surface area contributed by atoms with Crippen molar-refractivity contribution >= 4 is 46.0 Å². The molecule has 7 nitrogen and oxygen atoms in total. The van der Waals surface area contributed by atoms with E-state index in [4.69, 9.17) is 11.6 Å². The Morgan fingerprint density at radius 2 is 1.90 bits per heavy atom. The molecule has 1 N–H and O–H groups in total. The minimum Gasteiger partial charge on any atom is -0.351 e. The van der Waals surface area contributed by atoms with Gasteiger partial charge >= 0.3 is 0 Å². The number of thioether (sulfide) groups is 1. The normalized spacial score (nSPS) is 11.3. The van der Waals surface area contributed by atoms with Gasteiger partial charge in [0, 0.05) is 18.1 Å². The lowest BCUT2D eigenvalue weighted by Gasteiger charge is -2.10. The summed E-state index contributed by atoms with van der Waals surface area (Å²) in [4.78, 5) is 25.2. The summed E-state index contributed by atoms with van der Waals surface area (Å²) in [5.74, 6) is 0.567. The molecule has 2 aromatic heterocycles. The van der Waals surface area contributed by atoms with Crippen molar-refractivity contribution in [1.82, 2.24) is 24.5 Å². The van der Waals surface area contributed by atoms with Crippen molar-refractivity contribution < 1.29 is 4.79 Å². The van der Waals surface area contributed by atoms with Gasteiger partial charge < -0.3 is 5.32 Å². The molecule has 0 aliphatic carbocycles. The summed E-state index contributed by atoms with van der Waals surface area (Å²) in [6, 6.07) is 14.7. The second-order valence-electron chi connectivity index (χ2n) is 6.78. The SMILES string of the molecule is CCCn1c(=O)c2ccccc2n2c(SCC(=O)NCc3ccc(Cl)cc3)nnc12. The summed E-state index contributed by atoms with van der Waals surface area (Å²) in [5.41, 5.74) is 1.63. The number of hydrogen-bond acceptors (Lipinski definition) is 5. The van der Waals surface area contributed by atoms with Gasteiger partial charge in [0.05, 0.1) is 16.7 Å². The molecule has 0 spiro atoms. The minimum absolute atomic E-state index is 0.0791. The van der Waals surface area contributed by atoms with Crippen molar-refractivity contribution in [2.24, 2.45) is 0 Å². The Balaban J connectivity index is 1.56. The minimum atomic E-state index is -0.113. The van der Waals surface area contributed by atoms with Crippen LogP contribution in [0.4, 0.5) is 0 Å². The van der Waals surface area contributed by atoms with E-state index < -0.39 is 0 Å². The molecule has 1 amide bonds. The molecule has 0 fully saturated rings. The van der Waals surface area contributed by atoms with Crippen molar-refractivity contribution in [2.45, 2.75) is 31.6 Å². The van der Waals surface area contributed by atoms with Gasteiger partial charge in [0.15, 0.2) is 5.16 Å². The highest BCUT2D eigenvalue weighted by Gasteiger charge is 2.17. The van der Waals surface area contributed by atoms with Crippen LogP contribution in [0.3, 0.4) is 0 Å². The Hall–Kier alpha value is -2.84. The largest absolute Gasteiger partial charge is 0.351 e. The smallest absolute Gasteiger partial charge is 0.262 e. The highest BCUT2D eigenvalue weighted by Crippen LogP contribution is 2.21. The van der Waals surface area contributed by atoms with Crippen LogP contribution in [0.25, 0.3) is 16.7 Å². The first kappa shape index (κ1) is 20.4. The second-order valence-corrected chi connectivity index (χ2v) is 8.16. The fourth-order valence-electron chi connectivity index (χ4n) is 3.24. The number of rotatable bonds is 7. The molecule has 0 saturated heterocycles. The Morgan fingerprint density at radius 1 is 1.13 bits per heavy atom. The third-order valence-corrected chi connectivity index (χ3v) is 5.84. The zero-order valence-corrected chi connectivity index (χ0v) is 17.9. The van der Waals surface area contributed by atoms with Gasteiger partial charge in [-0.15, -0.1) is 10.2 Å². The third kappa shape index (κ3) is 4.06. The molecule has 30 heavy (non-hydrogen) atoms. The molecular formula is C21H20ClN5O2S. The number of aryl methyl sites for hydroxylation is 1. The van der Waals surface area contributed by atoms with E-state index in [0.717, 1.165) is 17.5 Å². The van der Waals surface area contributed by atoms with Gasteiger partial charge in [0.1, 0.15) is 0 Å². The third-order valence-electron chi connectivity index (χ3n) is 4.66. The lowest BCUT2D eigenvalue weighted by atomic mass is 10.2. The molecule has 0 atom stereocenters. The predicted octanol–water partition coefficient (Wildman–Crippen LogP) is 3.52. The Bertz CT molecular complexity index is 1270. The Kier molecular flexibility index (Phi) is 6.06. The molecule has 0 bridgehead atoms. The molecule has 0 saturated carbocycles. The molecule has 154 valence electrons. The number of benzene rings is 2. The van der Waals surface area contributed by atoms with Crippen LogP contribution in [-0.4, -0.2) is 30.8 Å². The summed E-state index contributed by atoms with van der Waals surface area (Å²) in [7, 11) is 0. The average molecular weight is 442 g/mol. The van der Waals surface area contributed by atoms with Gasteiger partial charge in [-0.3, -0.25) is 18.6 Å². The summed E-state index contributed by atoms with van der Waals surface area (Å²) in [6.07, 6.45) is 0.802. The maximum absolute atomic E-state index is 12.9. The van der Waals surface area contributed by atoms with Gasteiger partial charge in [-0.1, -0.05) is 54.6 Å². The number of hydrogen-bond donors (Lipinski definition) is 1. The van der Waals surface area contributed by atoms with Gasteiger partial charge in [0.25, 0.3) is 5.56 Å². The second kappa shape index (κ2) is 8.89. The number of fused-ring (bicyclic) bond motifs is 3. The summed E-state index contributed by atoms with van der Waals surface area (Å²) in [5, 5.41) is 13.2. The molecule has 0 radical (unpaired) electrons. The van der Waals surface area contributed by atoms with E-state index in [9.17, 15) is 9.59 Å². The zero-order chi connectivity index (χ0) is 21.1. The number of nitrogens with one attached hydrogen (secondary N) is 1. The first-order valence-corrected chi connectivity index (χ1v) is 11.0. The van der Waals surface area contributed by atoms with Crippen LogP contribution in [0.2, 0.25) is 5.02 Å². The van der Waals surface area contributed by atoms with Gasteiger partial charge in [0.2, 0.25) is 11.7 Å². The van der Waals surface area contributed by atoms with Gasteiger partial charge in [-0.05, 0) is 36.2 Å². The van der Waals surface area contributed by atoms with Crippen LogP contribution in [0.5, 0.6) is 0 Å². The van der Waals surface area contributed by atoms with Crippen LogP contribution in [-0.2, 0) is 17.9 Å². The Labute approximate surface area is 182 Å². The summed E-state index contributed by atoms with van der Waals surface area (Å²) >= 11 is 7.17. The first-order chi connectivity index (χ1) is 14.6. The molecule has 4 aromatic rings. The number of aromatic nitrogens is 4. The highest BCUT2D eigenvalue weighted by molar-refractivity contribution is 7.99.